The van der Waals surface area contributed by atoms with E-state index in [1.54, 1.807) is 12.1 Å². The van der Waals surface area contributed by atoms with Crippen molar-refractivity contribution in [2.75, 3.05) is 0 Å². The molecule has 5 aromatic rings. The number of benzene rings is 3. The second kappa shape index (κ2) is 9.02. The van der Waals surface area contributed by atoms with Crippen LogP contribution in [0.2, 0.25) is 0 Å². The van der Waals surface area contributed by atoms with E-state index in [9.17, 15) is 28.5 Å². The topological polar surface area (TPSA) is 105 Å². The fraction of sp³-hybridized carbons (Fsp3) is 0.0800. The van der Waals surface area contributed by atoms with E-state index < -0.39 is 27.8 Å². The molecule has 0 unspecified atom stereocenters. The molecule has 0 aliphatic carbocycles. The van der Waals surface area contributed by atoms with Crippen molar-refractivity contribution in [3.63, 3.8) is 0 Å². The standard InChI is InChI=1S/C25H17F2N5O4/c26-18-8-10-19(11-9-18)31-23-22(24(33)30(25(31)34)14-17-5-1-2-7-21(17)27)29(15-28-23)13-16-4-3-6-20(12-16)32(35)36/h1-12,15H,13-14H2. The lowest BCUT2D eigenvalue weighted by Gasteiger charge is -2.13. The zero-order chi connectivity index (χ0) is 25.4. The maximum absolute atomic E-state index is 14.4. The smallest absolute Gasteiger partial charge is 0.320 e. The van der Waals surface area contributed by atoms with Crippen molar-refractivity contribution < 1.29 is 13.7 Å². The van der Waals surface area contributed by atoms with Gasteiger partial charge in [-0.15, -0.1) is 0 Å². The Labute approximate surface area is 201 Å². The Hall–Kier alpha value is -4.93. The van der Waals surface area contributed by atoms with Gasteiger partial charge in [-0.1, -0.05) is 30.3 Å². The van der Waals surface area contributed by atoms with E-state index in [2.05, 4.69) is 4.98 Å². The Kier molecular flexibility index (Phi) is 5.72. The minimum atomic E-state index is -0.775. The van der Waals surface area contributed by atoms with E-state index in [0.29, 0.717) is 5.56 Å². The second-order valence-electron chi connectivity index (χ2n) is 8.05. The predicted octanol–water partition coefficient (Wildman–Crippen LogP) is 3.63. The maximum Gasteiger partial charge on any atom is 0.337 e. The van der Waals surface area contributed by atoms with Crippen molar-refractivity contribution in [2.24, 2.45) is 0 Å². The number of imidazole rings is 1. The van der Waals surface area contributed by atoms with Crippen LogP contribution in [0.15, 0.2) is 88.7 Å². The Morgan fingerprint density at radius 2 is 1.67 bits per heavy atom. The molecule has 0 spiro atoms. The Morgan fingerprint density at radius 3 is 2.39 bits per heavy atom. The summed E-state index contributed by atoms with van der Waals surface area (Å²) in [6, 6.07) is 16.8. The van der Waals surface area contributed by atoms with Crippen LogP contribution in [0, 0.1) is 21.7 Å². The summed E-state index contributed by atoms with van der Waals surface area (Å²) in [6.07, 6.45) is 1.35. The van der Waals surface area contributed by atoms with E-state index in [0.717, 1.165) is 9.13 Å². The molecule has 0 saturated carbocycles. The molecular weight excluding hydrogens is 472 g/mol. The van der Waals surface area contributed by atoms with Crippen LogP contribution in [0.4, 0.5) is 14.5 Å². The van der Waals surface area contributed by atoms with Crippen molar-refractivity contribution in [1.82, 2.24) is 18.7 Å². The summed E-state index contributed by atoms with van der Waals surface area (Å²) in [6.45, 7) is -0.293. The first-order chi connectivity index (χ1) is 17.3. The largest absolute Gasteiger partial charge is 0.337 e. The van der Waals surface area contributed by atoms with Gasteiger partial charge in [0.15, 0.2) is 11.2 Å². The van der Waals surface area contributed by atoms with Gasteiger partial charge < -0.3 is 4.57 Å². The number of non-ortho nitro benzene ring substituents is 1. The molecule has 0 radical (unpaired) electrons. The van der Waals surface area contributed by atoms with Gasteiger partial charge in [-0.3, -0.25) is 19.5 Å². The summed E-state index contributed by atoms with van der Waals surface area (Å²) in [4.78, 5) is 41.9. The van der Waals surface area contributed by atoms with Gasteiger partial charge in [-0.2, -0.15) is 0 Å². The Bertz CT molecular complexity index is 1740. The first-order valence-electron chi connectivity index (χ1n) is 10.8. The SMILES string of the molecule is O=c1c2c(ncn2Cc2cccc([N+](=O)[O-])c2)n(-c2ccc(F)cc2)c(=O)n1Cc1ccccc1F. The van der Waals surface area contributed by atoms with Gasteiger partial charge in [0, 0.05) is 24.2 Å². The second-order valence-corrected chi connectivity index (χ2v) is 8.05. The number of aromatic nitrogens is 4. The summed E-state index contributed by atoms with van der Waals surface area (Å²) in [5.74, 6) is -1.10. The lowest BCUT2D eigenvalue weighted by atomic mass is 10.2. The molecule has 0 aliphatic rings. The van der Waals surface area contributed by atoms with Crippen molar-refractivity contribution >= 4 is 16.9 Å². The molecule has 2 heterocycles. The van der Waals surface area contributed by atoms with E-state index in [-0.39, 0.29) is 41.2 Å². The number of halogens is 2. The monoisotopic (exact) mass is 489 g/mol. The number of nitro groups is 1. The molecule has 0 saturated heterocycles. The molecule has 180 valence electrons. The van der Waals surface area contributed by atoms with Gasteiger partial charge in [-0.25, -0.2) is 23.1 Å². The summed E-state index contributed by atoms with van der Waals surface area (Å²) in [5.41, 5.74) is -0.628. The van der Waals surface area contributed by atoms with E-state index in [4.69, 9.17) is 0 Å². The highest BCUT2D eigenvalue weighted by atomic mass is 19.1. The van der Waals surface area contributed by atoms with Crippen molar-refractivity contribution in [3.8, 4) is 5.69 Å². The number of fused-ring (bicyclic) bond motifs is 1. The molecule has 36 heavy (non-hydrogen) atoms. The van der Waals surface area contributed by atoms with Crippen molar-refractivity contribution in [2.45, 2.75) is 13.1 Å². The molecule has 9 nitrogen and oxygen atoms in total. The third kappa shape index (κ3) is 4.06. The molecule has 11 heteroatoms. The molecule has 0 N–H and O–H groups in total. The molecule has 0 amide bonds. The van der Waals surface area contributed by atoms with E-state index in [1.807, 2.05) is 0 Å². The van der Waals surface area contributed by atoms with Gasteiger partial charge in [0.05, 0.1) is 23.5 Å². The normalized spacial score (nSPS) is 11.2. The molecule has 0 atom stereocenters. The van der Waals surface area contributed by atoms with Crippen LogP contribution < -0.4 is 11.2 Å². The zero-order valence-electron chi connectivity index (χ0n) is 18.5. The molecule has 0 bridgehead atoms. The lowest BCUT2D eigenvalue weighted by Crippen LogP contribution is -2.40. The molecule has 0 fully saturated rings. The molecular formula is C25H17F2N5O4. The van der Waals surface area contributed by atoms with Crippen LogP contribution >= 0.6 is 0 Å². The van der Waals surface area contributed by atoms with Crippen LogP contribution in [0.5, 0.6) is 0 Å². The summed E-state index contributed by atoms with van der Waals surface area (Å²) in [5, 5.41) is 11.2. The fourth-order valence-corrected chi connectivity index (χ4v) is 4.02. The minimum Gasteiger partial charge on any atom is -0.320 e. The van der Waals surface area contributed by atoms with E-state index in [1.165, 1.54) is 71.6 Å². The van der Waals surface area contributed by atoms with Gasteiger partial charge in [0.2, 0.25) is 0 Å². The number of rotatable bonds is 6. The summed E-state index contributed by atoms with van der Waals surface area (Å²) in [7, 11) is 0. The zero-order valence-corrected chi connectivity index (χ0v) is 18.5. The number of hydrogen-bond donors (Lipinski definition) is 0. The minimum absolute atomic E-state index is 0.0202. The van der Waals surface area contributed by atoms with Crippen LogP contribution in [-0.4, -0.2) is 23.6 Å². The van der Waals surface area contributed by atoms with Crippen LogP contribution in [0.1, 0.15) is 11.1 Å². The van der Waals surface area contributed by atoms with Crippen molar-refractivity contribution in [1.29, 1.82) is 0 Å². The van der Waals surface area contributed by atoms with Crippen molar-refractivity contribution in [3.05, 3.63) is 133 Å². The molecule has 3 aromatic carbocycles. The van der Waals surface area contributed by atoms with Crippen LogP contribution in [-0.2, 0) is 13.1 Å². The predicted molar refractivity (Wildman–Crippen MR) is 127 cm³/mol. The number of nitro benzene ring substituents is 1. The molecule has 2 aromatic heterocycles. The highest BCUT2D eigenvalue weighted by Gasteiger charge is 2.20. The highest BCUT2D eigenvalue weighted by Crippen LogP contribution is 2.18. The Morgan fingerprint density at radius 1 is 0.917 bits per heavy atom. The first-order valence-corrected chi connectivity index (χ1v) is 10.8. The third-order valence-corrected chi connectivity index (χ3v) is 5.75. The van der Waals surface area contributed by atoms with Gasteiger partial charge in [0.25, 0.3) is 11.2 Å². The fourth-order valence-electron chi connectivity index (χ4n) is 4.02. The highest BCUT2D eigenvalue weighted by molar-refractivity contribution is 5.72. The number of nitrogens with zero attached hydrogens (tertiary/aromatic N) is 5. The average molecular weight is 489 g/mol. The number of hydrogen-bond acceptors (Lipinski definition) is 5. The summed E-state index contributed by atoms with van der Waals surface area (Å²) >= 11 is 0. The van der Waals surface area contributed by atoms with Gasteiger partial charge in [-0.05, 0) is 35.9 Å². The average Bonchev–Trinajstić information content (AvgIpc) is 3.27. The van der Waals surface area contributed by atoms with E-state index >= 15 is 0 Å². The summed E-state index contributed by atoms with van der Waals surface area (Å²) < 4.78 is 31.5. The van der Waals surface area contributed by atoms with Crippen LogP contribution in [0.25, 0.3) is 16.9 Å². The maximum atomic E-state index is 14.4. The van der Waals surface area contributed by atoms with Crippen LogP contribution in [0.3, 0.4) is 0 Å². The third-order valence-electron chi connectivity index (χ3n) is 5.75. The Balaban J connectivity index is 1.74. The lowest BCUT2D eigenvalue weighted by molar-refractivity contribution is -0.384. The molecule has 0 aliphatic heterocycles. The quantitative estimate of drug-likeness (QED) is 0.268. The van der Waals surface area contributed by atoms with Gasteiger partial charge >= 0.3 is 5.69 Å². The van der Waals surface area contributed by atoms with Gasteiger partial charge in [0.1, 0.15) is 11.6 Å². The molecule has 5 rings (SSSR count). The first kappa shape index (κ1) is 22.8.